The van der Waals surface area contributed by atoms with E-state index in [-0.39, 0.29) is 17.6 Å². The van der Waals surface area contributed by atoms with Crippen molar-refractivity contribution in [1.29, 1.82) is 0 Å². The highest BCUT2D eigenvalue weighted by Gasteiger charge is 2.41. The zero-order valence-electron chi connectivity index (χ0n) is 18.4. The number of hydrogen-bond donors (Lipinski definition) is 1. The fourth-order valence-electron chi connectivity index (χ4n) is 3.41. The molecule has 2 rings (SSSR count). The van der Waals surface area contributed by atoms with Gasteiger partial charge in [0.1, 0.15) is 0 Å². The van der Waals surface area contributed by atoms with Gasteiger partial charge in [-0.05, 0) is 43.9 Å². The molecule has 0 bridgehead atoms. The van der Waals surface area contributed by atoms with Gasteiger partial charge in [0, 0.05) is 18.4 Å². The van der Waals surface area contributed by atoms with Crippen molar-refractivity contribution in [3.8, 4) is 0 Å². The number of unbranched alkanes of at least 4 members (excludes halogenated alkanes) is 1. The van der Waals surface area contributed by atoms with Crippen molar-refractivity contribution >= 4 is 17.7 Å². The van der Waals surface area contributed by atoms with Crippen molar-refractivity contribution in [2.24, 2.45) is 5.92 Å². The van der Waals surface area contributed by atoms with Crippen LogP contribution < -0.4 is 5.32 Å². The lowest BCUT2D eigenvalue weighted by atomic mass is 9.98. The molecule has 1 aliphatic rings. The molecule has 0 saturated carbocycles. The lowest BCUT2D eigenvalue weighted by Gasteiger charge is -2.35. The molecule has 7 nitrogen and oxygen atoms in total. The maximum atomic E-state index is 12.4. The van der Waals surface area contributed by atoms with Crippen LogP contribution in [0.15, 0.2) is 24.3 Å². The van der Waals surface area contributed by atoms with Crippen LogP contribution in [0, 0.1) is 5.92 Å². The number of benzene rings is 1. The van der Waals surface area contributed by atoms with Gasteiger partial charge in [-0.1, -0.05) is 31.9 Å². The van der Waals surface area contributed by atoms with Crippen LogP contribution in [0.25, 0.3) is 0 Å². The van der Waals surface area contributed by atoms with Crippen molar-refractivity contribution in [2.45, 2.75) is 64.7 Å². The van der Waals surface area contributed by atoms with E-state index in [1.54, 1.807) is 19.1 Å². The summed E-state index contributed by atoms with van der Waals surface area (Å²) < 4.78 is 15.8. The summed E-state index contributed by atoms with van der Waals surface area (Å²) in [7, 11) is 1.30. The van der Waals surface area contributed by atoms with Gasteiger partial charge < -0.3 is 19.5 Å². The molecule has 1 heterocycles. The van der Waals surface area contributed by atoms with Crippen LogP contribution in [0.5, 0.6) is 0 Å². The van der Waals surface area contributed by atoms with E-state index in [1.807, 2.05) is 12.1 Å². The van der Waals surface area contributed by atoms with Crippen LogP contribution in [-0.4, -0.2) is 49.8 Å². The van der Waals surface area contributed by atoms with Crippen molar-refractivity contribution in [2.75, 3.05) is 20.3 Å². The molecule has 0 aromatic heterocycles. The molecular formula is C23H33NO6. The quantitative estimate of drug-likeness (QED) is 0.463. The zero-order chi connectivity index (χ0) is 22.1. The first-order valence-electron chi connectivity index (χ1n) is 10.6. The number of nitrogens with one attached hydrogen (secondary N) is 1. The lowest BCUT2D eigenvalue weighted by molar-refractivity contribution is -0.272. The molecule has 1 N–H and O–H groups in total. The third-order valence-electron chi connectivity index (χ3n) is 5.52. The number of Topliss-reactive ketones (excluding diaryl/α,β-unsaturated/α-hetero) is 1. The normalized spacial score (nSPS) is 22.2. The van der Waals surface area contributed by atoms with E-state index in [9.17, 15) is 14.4 Å². The number of ether oxygens (including phenoxy) is 3. The minimum Gasteiger partial charge on any atom is -0.465 e. The Morgan fingerprint density at radius 1 is 1.17 bits per heavy atom. The van der Waals surface area contributed by atoms with E-state index in [1.165, 1.54) is 14.0 Å². The molecule has 1 atom stereocenters. The Hall–Kier alpha value is -2.25. The van der Waals surface area contributed by atoms with Gasteiger partial charge in [0.15, 0.2) is 5.78 Å². The highest BCUT2D eigenvalue weighted by molar-refractivity contribution is 5.97. The summed E-state index contributed by atoms with van der Waals surface area (Å²) in [5.41, 5.74) is 1.72. The molecule has 30 heavy (non-hydrogen) atoms. The Morgan fingerprint density at radius 3 is 2.33 bits per heavy atom. The van der Waals surface area contributed by atoms with Gasteiger partial charge in [-0.3, -0.25) is 9.59 Å². The van der Waals surface area contributed by atoms with Crippen LogP contribution >= 0.6 is 0 Å². The number of carbonyl (C=O) groups excluding carboxylic acids is 3. The molecule has 0 aliphatic carbocycles. The molecule has 7 heteroatoms. The summed E-state index contributed by atoms with van der Waals surface area (Å²) in [4.78, 5) is 36.1. The Labute approximate surface area is 178 Å². The second-order valence-corrected chi connectivity index (χ2v) is 7.90. The van der Waals surface area contributed by atoms with Crippen LogP contribution in [0.4, 0.5) is 0 Å². The third kappa shape index (κ3) is 6.64. The zero-order valence-corrected chi connectivity index (χ0v) is 18.4. The predicted octanol–water partition coefficient (Wildman–Crippen LogP) is 3.05. The average molecular weight is 420 g/mol. The highest BCUT2D eigenvalue weighted by Crippen LogP contribution is 2.25. The molecule has 0 spiro atoms. The number of carbonyl (C=O) groups is 3. The van der Waals surface area contributed by atoms with E-state index in [4.69, 9.17) is 14.2 Å². The summed E-state index contributed by atoms with van der Waals surface area (Å²) in [6.45, 7) is 5.97. The fraction of sp³-hybridized carbons (Fsp3) is 0.609. The first-order chi connectivity index (χ1) is 14.3. The third-order valence-corrected chi connectivity index (χ3v) is 5.52. The molecule has 1 fully saturated rings. The molecule has 166 valence electrons. The summed E-state index contributed by atoms with van der Waals surface area (Å²) in [6, 6.07) is 6.94. The number of rotatable bonds is 10. The summed E-state index contributed by atoms with van der Waals surface area (Å²) in [6.07, 6.45) is 4.02. The maximum absolute atomic E-state index is 12.4. The summed E-state index contributed by atoms with van der Waals surface area (Å²) in [5.74, 6) is -1.96. The Bertz CT molecular complexity index is 722. The van der Waals surface area contributed by atoms with E-state index < -0.39 is 17.8 Å². The van der Waals surface area contributed by atoms with Crippen LogP contribution in [0.1, 0.15) is 62.4 Å². The first-order valence-corrected chi connectivity index (χ1v) is 10.6. The number of hydrogen-bond acceptors (Lipinski definition) is 6. The number of methoxy groups -OCH3 is 1. The number of aryl methyl sites for hydroxylation is 1. The van der Waals surface area contributed by atoms with Crippen molar-refractivity contribution < 1.29 is 28.6 Å². The van der Waals surface area contributed by atoms with E-state index in [0.717, 1.165) is 31.2 Å². The second-order valence-electron chi connectivity index (χ2n) is 7.90. The highest BCUT2D eigenvalue weighted by atomic mass is 16.7. The van der Waals surface area contributed by atoms with Gasteiger partial charge in [-0.25, -0.2) is 4.79 Å². The molecule has 1 aromatic rings. The van der Waals surface area contributed by atoms with Gasteiger partial charge in [-0.2, -0.15) is 0 Å². The van der Waals surface area contributed by atoms with Gasteiger partial charge in [-0.15, -0.1) is 0 Å². The molecule has 1 amide bonds. The van der Waals surface area contributed by atoms with Gasteiger partial charge in [0.05, 0.1) is 26.4 Å². The molecule has 1 unspecified atom stereocenters. The van der Waals surface area contributed by atoms with E-state index >= 15 is 0 Å². The second kappa shape index (κ2) is 11.2. The van der Waals surface area contributed by atoms with E-state index in [2.05, 4.69) is 12.2 Å². The van der Waals surface area contributed by atoms with Crippen LogP contribution in [-0.2, 0) is 30.2 Å². The number of esters is 1. The Morgan fingerprint density at radius 2 is 1.80 bits per heavy atom. The maximum Gasteiger partial charge on any atom is 0.366 e. The standard InChI is InChI=1S/C23H33NO6/c1-5-17-10-12-19(13-11-17)21(26)24-20(16(2)25)9-7-6-8-18-14-29-23(3,30-15-18)22(27)28-4/h10-13,18,20H,5-9,14-15H2,1-4H3,(H,24,26). The summed E-state index contributed by atoms with van der Waals surface area (Å²) >= 11 is 0. The number of ketones is 1. The first kappa shape index (κ1) is 24.0. The Balaban J connectivity index is 1.74. The summed E-state index contributed by atoms with van der Waals surface area (Å²) in [5, 5.41) is 2.85. The molecule has 1 aromatic carbocycles. The number of amides is 1. The molecule has 1 aliphatic heterocycles. The average Bonchev–Trinajstić information content (AvgIpc) is 2.76. The van der Waals surface area contributed by atoms with Crippen molar-refractivity contribution in [3.05, 3.63) is 35.4 Å². The minimum absolute atomic E-state index is 0.0493. The lowest BCUT2D eigenvalue weighted by Crippen LogP contribution is -2.48. The fourth-order valence-corrected chi connectivity index (χ4v) is 3.41. The van der Waals surface area contributed by atoms with Crippen LogP contribution in [0.3, 0.4) is 0 Å². The van der Waals surface area contributed by atoms with Crippen molar-refractivity contribution in [3.63, 3.8) is 0 Å². The monoisotopic (exact) mass is 419 g/mol. The Kier molecular flexibility index (Phi) is 8.99. The van der Waals surface area contributed by atoms with Crippen molar-refractivity contribution in [1.82, 2.24) is 5.32 Å². The van der Waals surface area contributed by atoms with Gasteiger partial charge >= 0.3 is 5.97 Å². The predicted molar refractivity (Wildman–Crippen MR) is 112 cm³/mol. The smallest absolute Gasteiger partial charge is 0.366 e. The molecule has 0 radical (unpaired) electrons. The van der Waals surface area contributed by atoms with Gasteiger partial charge in [0.2, 0.25) is 0 Å². The topological polar surface area (TPSA) is 90.9 Å². The molecular weight excluding hydrogens is 386 g/mol. The molecule has 1 saturated heterocycles. The minimum atomic E-state index is -1.33. The largest absolute Gasteiger partial charge is 0.465 e. The SMILES string of the molecule is CCc1ccc(C(=O)NC(CCCCC2COC(C)(C(=O)OC)OC2)C(C)=O)cc1. The van der Waals surface area contributed by atoms with Gasteiger partial charge in [0.25, 0.3) is 11.7 Å². The van der Waals surface area contributed by atoms with E-state index in [0.29, 0.717) is 25.2 Å². The van der Waals surface area contributed by atoms with Crippen LogP contribution in [0.2, 0.25) is 0 Å².